The Morgan fingerprint density at radius 1 is 1.08 bits per heavy atom. The zero-order valence-electron chi connectivity index (χ0n) is 13.7. The van der Waals surface area contributed by atoms with Crippen LogP contribution in [0.25, 0.3) is 0 Å². The van der Waals surface area contributed by atoms with Gasteiger partial charge in [-0.1, -0.05) is 18.2 Å². The van der Waals surface area contributed by atoms with Crippen LogP contribution in [0.2, 0.25) is 0 Å². The van der Waals surface area contributed by atoms with E-state index >= 15 is 0 Å². The van der Waals surface area contributed by atoms with E-state index < -0.39 is 24.3 Å². The number of benzene rings is 2. The maximum Gasteiger partial charge on any atom is 0.387 e. The predicted octanol–water partition coefficient (Wildman–Crippen LogP) is 4.33. The number of nitrogens with zero attached hydrogens (tertiary/aromatic N) is 1. The highest BCUT2D eigenvalue weighted by Crippen LogP contribution is 2.22. The second-order valence-electron chi connectivity index (χ2n) is 5.55. The first-order valence-corrected chi connectivity index (χ1v) is 7.52. The van der Waals surface area contributed by atoms with Gasteiger partial charge in [-0.25, -0.2) is 8.78 Å². The molecule has 1 amide bonds. The van der Waals surface area contributed by atoms with Crippen LogP contribution in [0.15, 0.2) is 42.5 Å². The standard InChI is InChI=1S/C18H17F4NO2/c1-11(13-5-8-15(19)16(20)10-13)23(2)17(24)9-12-3-6-14(7-4-12)25-18(21)22/h3-8,10-11,18H,9H2,1-2H3. The Morgan fingerprint density at radius 3 is 2.28 bits per heavy atom. The highest BCUT2D eigenvalue weighted by atomic mass is 19.3. The zero-order chi connectivity index (χ0) is 18.6. The van der Waals surface area contributed by atoms with Crippen molar-refractivity contribution in [3.8, 4) is 5.75 Å². The average molecular weight is 355 g/mol. The molecule has 7 heteroatoms. The molecule has 0 saturated carbocycles. The van der Waals surface area contributed by atoms with Gasteiger partial charge in [0.15, 0.2) is 11.6 Å². The van der Waals surface area contributed by atoms with Crippen LogP contribution in [0.4, 0.5) is 17.6 Å². The zero-order valence-corrected chi connectivity index (χ0v) is 13.7. The molecule has 1 unspecified atom stereocenters. The minimum absolute atomic E-state index is 0.00899. The molecule has 0 spiro atoms. The minimum Gasteiger partial charge on any atom is -0.435 e. The molecule has 2 aromatic rings. The topological polar surface area (TPSA) is 29.5 Å². The number of hydrogen-bond acceptors (Lipinski definition) is 2. The normalized spacial score (nSPS) is 12.1. The van der Waals surface area contributed by atoms with Crippen molar-refractivity contribution >= 4 is 5.91 Å². The first-order chi connectivity index (χ1) is 11.8. The third-order valence-electron chi connectivity index (χ3n) is 3.90. The molecule has 1 atom stereocenters. The van der Waals surface area contributed by atoms with E-state index in [1.165, 1.54) is 35.2 Å². The van der Waals surface area contributed by atoms with Gasteiger partial charge in [0, 0.05) is 7.05 Å². The first-order valence-electron chi connectivity index (χ1n) is 7.52. The summed E-state index contributed by atoms with van der Waals surface area (Å²) < 4.78 is 54.8. The van der Waals surface area contributed by atoms with Crippen LogP contribution < -0.4 is 4.74 Å². The molecular weight excluding hydrogens is 338 g/mol. The summed E-state index contributed by atoms with van der Waals surface area (Å²) in [6.07, 6.45) is 0.0411. The number of carbonyl (C=O) groups is 1. The number of alkyl halides is 2. The molecule has 0 aliphatic rings. The molecule has 2 aromatic carbocycles. The molecule has 134 valence electrons. The molecule has 0 fully saturated rings. The molecule has 2 rings (SSSR count). The Hall–Kier alpha value is -2.57. The second-order valence-corrected chi connectivity index (χ2v) is 5.55. The van der Waals surface area contributed by atoms with Crippen molar-refractivity contribution in [2.24, 2.45) is 0 Å². The van der Waals surface area contributed by atoms with Crippen molar-refractivity contribution in [1.29, 1.82) is 0 Å². The van der Waals surface area contributed by atoms with Crippen molar-refractivity contribution in [2.75, 3.05) is 7.05 Å². The Bertz CT molecular complexity index is 734. The summed E-state index contributed by atoms with van der Waals surface area (Å²) >= 11 is 0. The van der Waals surface area contributed by atoms with Crippen LogP contribution in [0.3, 0.4) is 0 Å². The van der Waals surface area contributed by atoms with Gasteiger partial charge in [0.05, 0.1) is 12.5 Å². The molecule has 3 nitrogen and oxygen atoms in total. The van der Waals surface area contributed by atoms with Gasteiger partial charge >= 0.3 is 6.61 Å². The third-order valence-corrected chi connectivity index (χ3v) is 3.90. The average Bonchev–Trinajstić information content (AvgIpc) is 2.57. The minimum atomic E-state index is -2.91. The Labute approximate surface area is 142 Å². The smallest absolute Gasteiger partial charge is 0.387 e. The van der Waals surface area contributed by atoms with E-state index in [9.17, 15) is 22.4 Å². The number of hydrogen-bond donors (Lipinski definition) is 0. The summed E-state index contributed by atoms with van der Waals surface area (Å²) in [7, 11) is 1.56. The van der Waals surface area contributed by atoms with E-state index in [0.717, 1.165) is 12.1 Å². The van der Waals surface area contributed by atoms with Crippen LogP contribution in [-0.4, -0.2) is 24.5 Å². The van der Waals surface area contributed by atoms with Gasteiger partial charge < -0.3 is 9.64 Å². The van der Waals surface area contributed by atoms with Gasteiger partial charge in [0.25, 0.3) is 0 Å². The Morgan fingerprint density at radius 2 is 1.72 bits per heavy atom. The molecule has 0 N–H and O–H groups in total. The monoisotopic (exact) mass is 355 g/mol. The summed E-state index contributed by atoms with van der Waals surface area (Å²) in [5.74, 6) is -2.16. The Balaban J connectivity index is 2.02. The van der Waals surface area contributed by atoms with Gasteiger partial charge in [0.2, 0.25) is 5.91 Å². The number of halogens is 4. The lowest BCUT2D eigenvalue weighted by molar-refractivity contribution is -0.131. The summed E-state index contributed by atoms with van der Waals surface area (Å²) in [5.41, 5.74) is 1.09. The van der Waals surface area contributed by atoms with Crippen molar-refractivity contribution in [1.82, 2.24) is 4.90 Å². The molecule has 0 radical (unpaired) electrons. The van der Waals surface area contributed by atoms with Crippen LogP contribution in [0.5, 0.6) is 5.75 Å². The first kappa shape index (κ1) is 18.8. The SMILES string of the molecule is CC(c1ccc(F)c(F)c1)N(C)C(=O)Cc1ccc(OC(F)F)cc1. The highest BCUT2D eigenvalue weighted by Gasteiger charge is 2.19. The van der Waals surface area contributed by atoms with E-state index in [1.54, 1.807) is 14.0 Å². The maximum absolute atomic E-state index is 13.3. The van der Waals surface area contributed by atoms with Crippen molar-refractivity contribution < 1.29 is 27.1 Å². The van der Waals surface area contributed by atoms with Crippen molar-refractivity contribution in [3.63, 3.8) is 0 Å². The number of likely N-dealkylation sites (N-methyl/N-ethyl adjacent to an activating group) is 1. The second kappa shape index (κ2) is 8.00. The third kappa shape index (κ3) is 4.95. The van der Waals surface area contributed by atoms with E-state index in [-0.39, 0.29) is 18.1 Å². The fourth-order valence-electron chi connectivity index (χ4n) is 2.30. The van der Waals surface area contributed by atoms with Gasteiger partial charge in [-0.2, -0.15) is 8.78 Å². The Kier molecular flexibility index (Phi) is 6.01. The fourth-order valence-corrected chi connectivity index (χ4v) is 2.30. The van der Waals surface area contributed by atoms with Crippen molar-refractivity contribution in [2.45, 2.75) is 26.0 Å². The van der Waals surface area contributed by atoms with E-state index in [4.69, 9.17) is 0 Å². The number of amides is 1. The molecule has 0 aliphatic carbocycles. The quantitative estimate of drug-likeness (QED) is 0.722. The molecule has 0 saturated heterocycles. The lowest BCUT2D eigenvalue weighted by Gasteiger charge is -2.25. The van der Waals surface area contributed by atoms with Gasteiger partial charge in [-0.05, 0) is 42.3 Å². The van der Waals surface area contributed by atoms with E-state index in [0.29, 0.717) is 11.1 Å². The molecule has 25 heavy (non-hydrogen) atoms. The molecule has 0 heterocycles. The molecule has 0 bridgehead atoms. The van der Waals surface area contributed by atoms with Crippen LogP contribution in [-0.2, 0) is 11.2 Å². The lowest BCUT2D eigenvalue weighted by atomic mass is 10.1. The van der Waals surface area contributed by atoms with Crippen LogP contribution in [0.1, 0.15) is 24.1 Å². The largest absolute Gasteiger partial charge is 0.435 e. The van der Waals surface area contributed by atoms with Crippen molar-refractivity contribution in [3.05, 3.63) is 65.2 Å². The number of ether oxygens (including phenoxy) is 1. The molecular formula is C18H17F4NO2. The summed E-state index contributed by atoms with van der Waals surface area (Å²) in [5, 5.41) is 0. The maximum atomic E-state index is 13.3. The number of carbonyl (C=O) groups excluding carboxylic acids is 1. The summed E-state index contributed by atoms with van der Waals surface area (Å²) in [6, 6.07) is 8.78. The fraction of sp³-hybridized carbons (Fsp3) is 0.278. The van der Waals surface area contributed by atoms with Gasteiger partial charge in [-0.3, -0.25) is 4.79 Å². The molecule has 0 aliphatic heterocycles. The van der Waals surface area contributed by atoms with E-state index in [1.807, 2.05) is 0 Å². The van der Waals surface area contributed by atoms with Crippen LogP contribution >= 0.6 is 0 Å². The lowest BCUT2D eigenvalue weighted by Crippen LogP contribution is -2.31. The summed E-state index contributed by atoms with van der Waals surface area (Å²) in [4.78, 5) is 13.8. The highest BCUT2D eigenvalue weighted by molar-refractivity contribution is 5.79. The summed E-state index contributed by atoms with van der Waals surface area (Å²) in [6.45, 7) is -1.21. The van der Waals surface area contributed by atoms with Gasteiger partial charge in [-0.15, -0.1) is 0 Å². The number of rotatable bonds is 6. The van der Waals surface area contributed by atoms with E-state index in [2.05, 4.69) is 4.74 Å². The van der Waals surface area contributed by atoms with Crippen LogP contribution in [0, 0.1) is 11.6 Å². The molecule has 0 aromatic heterocycles. The van der Waals surface area contributed by atoms with Gasteiger partial charge in [0.1, 0.15) is 5.75 Å². The predicted molar refractivity (Wildman–Crippen MR) is 84.3 cm³/mol.